The summed E-state index contributed by atoms with van der Waals surface area (Å²) < 4.78 is 10.8. The fourth-order valence-corrected chi connectivity index (χ4v) is 4.44. The van der Waals surface area contributed by atoms with Crippen molar-refractivity contribution in [3.8, 4) is 5.75 Å². The number of carbonyl (C=O) groups excluding carboxylic acids is 3. The highest BCUT2D eigenvalue weighted by molar-refractivity contribution is 5.91. The van der Waals surface area contributed by atoms with Gasteiger partial charge in [0.2, 0.25) is 17.7 Å². The lowest BCUT2D eigenvalue weighted by Gasteiger charge is -2.25. The highest BCUT2D eigenvalue weighted by Gasteiger charge is 2.39. The van der Waals surface area contributed by atoms with Crippen LogP contribution in [0.2, 0.25) is 0 Å². The van der Waals surface area contributed by atoms with E-state index in [2.05, 4.69) is 4.98 Å². The van der Waals surface area contributed by atoms with Gasteiger partial charge >= 0.3 is 0 Å². The van der Waals surface area contributed by atoms with Crippen molar-refractivity contribution in [3.05, 3.63) is 59.9 Å². The average Bonchev–Trinajstić information content (AvgIpc) is 3.14. The van der Waals surface area contributed by atoms with Crippen molar-refractivity contribution < 1.29 is 23.9 Å². The molecule has 1 aromatic heterocycles. The lowest BCUT2D eigenvalue weighted by atomic mass is 10.1. The number of carbonyl (C=O) groups is 3. The Morgan fingerprint density at radius 3 is 2.41 bits per heavy atom. The average molecular weight is 467 g/mol. The van der Waals surface area contributed by atoms with Gasteiger partial charge < -0.3 is 24.2 Å². The van der Waals surface area contributed by atoms with Gasteiger partial charge in [-0.25, -0.2) is 0 Å². The fraction of sp³-hybridized carbons (Fsp3) is 0.440. The summed E-state index contributed by atoms with van der Waals surface area (Å²) in [5, 5.41) is 0. The van der Waals surface area contributed by atoms with Crippen LogP contribution in [0.3, 0.4) is 0 Å². The Labute approximate surface area is 199 Å². The van der Waals surface area contributed by atoms with Crippen molar-refractivity contribution >= 4 is 17.7 Å². The number of methoxy groups -OCH3 is 2. The van der Waals surface area contributed by atoms with Crippen molar-refractivity contribution in [1.82, 2.24) is 19.7 Å². The second-order valence-electron chi connectivity index (χ2n) is 8.70. The lowest BCUT2D eigenvalue weighted by molar-refractivity contribution is -0.141. The van der Waals surface area contributed by atoms with E-state index in [0.717, 1.165) is 17.0 Å². The quantitative estimate of drug-likeness (QED) is 0.611. The Morgan fingerprint density at radius 1 is 0.971 bits per heavy atom. The minimum Gasteiger partial charge on any atom is -0.497 e. The van der Waals surface area contributed by atoms with E-state index in [9.17, 15) is 14.4 Å². The largest absolute Gasteiger partial charge is 0.497 e. The Balaban J connectivity index is 1.41. The van der Waals surface area contributed by atoms with Crippen molar-refractivity contribution in [3.63, 3.8) is 0 Å². The van der Waals surface area contributed by atoms with Gasteiger partial charge in [0.25, 0.3) is 0 Å². The predicted molar refractivity (Wildman–Crippen MR) is 124 cm³/mol. The summed E-state index contributed by atoms with van der Waals surface area (Å²) in [6.07, 6.45) is 1.52. The van der Waals surface area contributed by atoms with Gasteiger partial charge in [-0.15, -0.1) is 0 Å². The van der Waals surface area contributed by atoms with Gasteiger partial charge in [-0.3, -0.25) is 19.4 Å². The summed E-state index contributed by atoms with van der Waals surface area (Å²) in [7, 11) is 3.19. The van der Waals surface area contributed by atoms with E-state index in [4.69, 9.17) is 9.47 Å². The van der Waals surface area contributed by atoms with Crippen molar-refractivity contribution in [2.24, 2.45) is 5.92 Å². The molecule has 0 saturated carbocycles. The molecule has 0 unspecified atom stereocenters. The molecule has 2 fully saturated rings. The normalized spacial score (nSPS) is 21.1. The molecule has 0 bridgehead atoms. The first-order valence-corrected chi connectivity index (χ1v) is 11.4. The van der Waals surface area contributed by atoms with Crippen molar-refractivity contribution in [1.29, 1.82) is 0 Å². The van der Waals surface area contributed by atoms with Crippen LogP contribution in [0.4, 0.5) is 0 Å². The van der Waals surface area contributed by atoms with Crippen molar-refractivity contribution in [2.75, 3.05) is 40.4 Å². The molecule has 3 heterocycles. The van der Waals surface area contributed by atoms with E-state index in [1.165, 1.54) is 0 Å². The van der Waals surface area contributed by atoms with Crippen LogP contribution in [0.15, 0.2) is 48.7 Å². The van der Waals surface area contributed by atoms with Crippen LogP contribution in [-0.4, -0.2) is 83.9 Å². The Kier molecular flexibility index (Phi) is 7.42. The number of nitrogens with zero attached hydrogens (tertiary/aromatic N) is 4. The molecule has 180 valence electrons. The third-order valence-electron chi connectivity index (χ3n) is 6.35. The Bertz CT molecular complexity index is 1010. The third kappa shape index (κ3) is 5.53. The molecule has 0 radical (unpaired) electrons. The molecule has 2 atom stereocenters. The third-order valence-corrected chi connectivity index (χ3v) is 6.35. The van der Waals surface area contributed by atoms with E-state index in [1.54, 1.807) is 35.1 Å². The number of likely N-dealkylation sites (tertiary alicyclic amines) is 1. The van der Waals surface area contributed by atoms with E-state index in [0.29, 0.717) is 32.7 Å². The molecule has 0 aliphatic carbocycles. The molecular formula is C25H30N4O5. The number of ether oxygens (including phenoxy) is 2. The van der Waals surface area contributed by atoms with Gasteiger partial charge in [0.15, 0.2) is 0 Å². The van der Waals surface area contributed by atoms with Gasteiger partial charge in [0.05, 0.1) is 37.9 Å². The van der Waals surface area contributed by atoms with Gasteiger partial charge in [0.1, 0.15) is 5.75 Å². The first-order chi connectivity index (χ1) is 16.5. The van der Waals surface area contributed by atoms with Crippen LogP contribution in [0.1, 0.15) is 17.7 Å². The summed E-state index contributed by atoms with van der Waals surface area (Å²) >= 11 is 0. The first-order valence-electron chi connectivity index (χ1n) is 11.4. The summed E-state index contributed by atoms with van der Waals surface area (Å²) in [5.74, 6) is -0.123. The lowest BCUT2D eigenvalue weighted by Crippen LogP contribution is -2.43. The number of hydrogen-bond donors (Lipinski definition) is 0. The van der Waals surface area contributed by atoms with Crippen LogP contribution in [0.25, 0.3) is 0 Å². The molecule has 2 aliphatic heterocycles. The molecule has 2 saturated heterocycles. The van der Waals surface area contributed by atoms with Crippen LogP contribution in [-0.2, 0) is 32.2 Å². The molecule has 34 heavy (non-hydrogen) atoms. The van der Waals surface area contributed by atoms with Gasteiger partial charge in [-0.2, -0.15) is 0 Å². The maximum atomic E-state index is 13.3. The SMILES string of the molecule is COc1ccc(CN2C[C@@H](OC)CN(C(=O)[C@H]3CC(=O)N(Cc4ccccn4)C3)CC2=O)cc1. The summed E-state index contributed by atoms with van der Waals surface area (Å²) in [6.45, 7) is 1.79. The Hall–Kier alpha value is -3.46. The number of pyridine rings is 1. The Morgan fingerprint density at radius 2 is 1.74 bits per heavy atom. The molecular weight excluding hydrogens is 436 g/mol. The zero-order valence-electron chi connectivity index (χ0n) is 19.6. The molecule has 0 spiro atoms. The van der Waals surface area contributed by atoms with E-state index >= 15 is 0 Å². The summed E-state index contributed by atoms with van der Waals surface area (Å²) in [4.78, 5) is 48.1. The first kappa shape index (κ1) is 23.7. The molecule has 0 N–H and O–H groups in total. The van der Waals surface area contributed by atoms with E-state index in [1.807, 2.05) is 42.5 Å². The summed E-state index contributed by atoms with van der Waals surface area (Å²) in [5.41, 5.74) is 1.75. The number of amides is 3. The second kappa shape index (κ2) is 10.6. The number of benzene rings is 1. The van der Waals surface area contributed by atoms with Crippen LogP contribution >= 0.6 is 0 Å². The minimum atomic E-state index is -0.477. The highest BCUT2D eigenvalue weighted by Crippen LogP contribution is 2.23. The van der Waals surface area contributed by atoms with Crippen LogP contribution < -0.4 is 4.74 Å². The van der Waals surface area contributed by atoms with Gasteiger partial charge in [-0.05, 0) is 29.8 Å². The van der Waals surface area contributed by atoms with Crippen molar-refractivity contribution in [2.45, 2.75) is 25.6 Å². The standard InChI is InChI=1S/C25H30N4O5/c1-33-21-8-6-18(7-9-21)12-27-15-22(34-2)16-29(17-24(27)31)25(32)19-11-23(30)28(13-19)14-20-5-3-4-10-26-20/h3-10,19,22H,11-17H2,1-2H3/t19-,22+/m0/s1. The molecule has 2 aliphatic rings. The summed E-state index contributed by atoms with van der Waals surface area (Å²) in [6, 6.07) is 13.1. The highest BCUT2D eigenvalue weighted by atomic mass is 16.5. The van der Waals surface area contributed by atoms with Gasteiger partial charge in [-0.1, -0.05) is 18.2 Å². The number of hydrogen-bond acceptors (Lipinski definition) is 6. The zero-order valence-corrected chi connectivity index (χ0v) is 19.6. The van der Waals surface area contributed by atoms with E-state index in [-0.39, 0.29) is 36.8 Å². The van der Waals surface area contributed by atoms with Crippen LogP contribution in [0, 0.1) is 5.92 Å². The molecule has 9 nitrogen and oxygen atoms in total. The monoisotopic (exact) mass is 466 g/mol. The molecule has 9 heteroatoms. The minimum absolute atomic E-state index is 0.0280. The predicted octanol–water partition coefficient (Wildman–Crippen LogP) is 1.32. The molecule has 4 rings (SSSR count). The van der Waals surface area contributed by atoms with E-state index < -0.39 is 5.92 Å². The maximum absolute atomic E-state index is 13.3. The smallest absolute Gasteiger partial charge is 0.242 e. The topological polar surface area (TPSA) is 92.3 Å². The molecule has 1 aromatic carbocycles. The maximum Gasteiger partial charge on any atom is 0.242 e. The fourth-order valence-electron chi connectivity index (χ4n) is 4.44. The number of aromatic nitrogens is 1. The second-order valence-corrected chi connectivity index (χ2v) is 8.70. The van der Waals surface area contributed by atoms with Crippen LogP contribution in [0.5, 0.6) is 5.75 Å². The number of rotatable bonds is 7. The molecule has 2 aromatic rings. The zero-order chi connectivity index (χ0) is 24.1. The molecule has 3 amide bonds. The van der Waals surface area contributed by atoms with Gasteiger partial charge in [0, 0.05) is 45.9 Å².